The van der Waals surface area contributed by atoms with Gasteiger partial charge in [-0.2, -0.15) is 5.10 Å². The Bertz CT molecular complexity index is 442. The van der Waals surface area contributed by atoms with E-state index in [1.165, 1.54) is 0 Å². The number of nitrogens with zero attached hydrogens (tertiary/aromatic N) is 1. The van der Waals surface area contributed by atoms with Gasteiger partial charge in [0, 0.05) is 30.4 Å². The monoisotopic (exact) mass is 274 g/mol. The Morgan fingerprint density at radius 3 is 2.50 bits per heavy atom. The fourth-order valence-electron chi connectivity index (χ4n) is 1.44. The first-order valence-electron chi connectivity index (χ1n) is 6.06. The van der Waals surface area contributed by atoms with Crippen LogP contribution in [0.15, 0.2) is 12.4 Å². The molecule has 18 heavy (non-hydrogen) atoms. The van der Waals surface area contributed by atoms with Crippen LogP contribution in [-0.2, 0) is 10.0 Å². The van der Waals surface area contributed by atoms with Crippen molar-refractivity contribution in [3.05, 3.63) is 18.0 Å². The Kier molecular flexibility index (Phi) is 5.30. The quantitative estimate of drug-likeness (QED) is 0.685. The van der Waals surface area contributed by atoms with Gasteiger partial charge in [-0.05, 0) is 13.8 Å². The molecule has 6 nitrogen and oxygen atoms in total. The minimum atomic E-state index is -3.34. The van der Waals surface area contributed by atoms with E-state index in [2.05, 4.69) is 20.2 Å². The number of aromatic amines is 1. The fourth-order valence-corrected chi connectivity index (χ4v) is 2.62. The van der Waals surface area contributed by atoms with Crippen LogP contribution in [0.4, 0.5) is 0 Å². The van der Waals surface area contributed by atoms with E-state index in [4.69, 9.17) is 0 Å². The molecular formula is C11H22N4O2S. The molecule has 0 saturated carbocycles. The highest BCUT2D eigenvalue weighted by atomic mass is 32.2. The van der Waals surface area contributed by atoms with Crippen LogP contribution in [-0.4, -0.2) is 36.5 Å². The zero-order valence-electron chi connectivity index (χ0n) is 11.3. The minimum Gasteiger partial charge on any atom is -0.313 e. The number of rotatable bonds is 7. The van der Waals surface area contributed by atoms with Gasteiger partial charge in [0.1, 0.15) is 0 Å². The number of nitrogens with one attached hydrogen (secondary N) is 3. The summed E-state index contributed by atoms with van der Waals surface area (Å²) in [5, 5.41) is 9.12. The van der Waals surface area contributed by atoms with Crippen molar-refractivity contribution in [2.45, 2.75) is 45.0 Å². The number of hydrogen-bond acceptors (Lipinski definition) is 4. The zero-order valence-corrected chi connectivity index (χ0v) is 12.1. The normalized spacial score (nSPS) is 15.8. The summed E-state index contributed by atoms with van der Waals surface area (Å²) in [7, 11) is -3.34. The van der Waals surface area contributed by atoms with Gasteiger partial charge in [0.25, 0.3) is 0 Å². The van der Waals surface area contributed by atoms with E-state index < -0.39 is 15.3 Å². The molecule has 0 saturated heterocycles. The summed E-state index contributed by atoms with van der Waals surface area (Å²) >= 11 is 0. The third-order valence-corrected chi connectivity index (χ3v) is 4.61. The molecule has 0 amide bonds. The predicted octanol–water partition coefficient (Wildman–Crippen LogP) is 0.777. The highest BCUT2D eigenvalue weighted by Gasteiger charge is 2.23. The third kappa shape index (κ3) is 4.40. The van der Waals surface area contributed by atoms with Gasteiger partial charge in [0.05, 0.1) is 11.4 Å². The predicted molar refractivity (Wildman–Crippen MR) is 71.7 cm³/mol. The lowest BCUT2D eigenvalue weighted by Crippen LogP contribution is -2.41. The van der Waals surface area contributed by atoms with Crippen molar-refractivity contribution >= 4 is 10.0 Å². The standard InChI is InChI=1S/C11H22N4O2S/c1-8(2)12-5-9(3)18(16,17)15-10(4)11-6-13-14-7-11/h6-10,12,15H,5H2,1-4H3,(H,13,14). The van der Waals surface area contributed by atoms with Crippen molar-refractivity contribution < 1.29 is 8.42 Å². The van der Waals surface area contributed by atoms with Crippen LogP contribution in [0.1, 0.15) is 39.3 Å². The van der Waals surface area contributed by atoms with E-state index in [1.54, 1.807) is 26.2 Å². The lowest BCUT2D eigenvalue weighted by Gasteiger charge is -2.19. The van der Waals surface area contributed by atoms with Crippen LogP contribution in [0.3, 0.4) is 0 Å². The number of sulfonamides is 1. The molecular weight excluding hydrogens is 252 g/mol. The summed E-state index contributed by atoms with van der Waals surface area (Å²) in [5.41, 5.74) is 0.822. The molecule has 1 heterocycles. The van der Waals surface area contributed by atoms with E-state index in [9.17, 15) is 8.42 Å². The topological polar surface area (TPSA) is 86.9 Å². The van der Waals surface area contributed by atoms with E-state index in [0.29, 0.717) is 6.54 Å². The molecule has 0 aliphatic rings. The van der Waals surface area contributed by atoms with Gasteiger partial charge in [-0.3, -0.25) is 5.10 Å². The zero-order chi connectivity index (χ0) is 13.8. The van der Waals surface area contributed by atoms with E-state index in [-0.39, 0.29) is 12.1 Å². The number of H-pyrrole nitrogens is 1. The van der Waals surface area contributed by atoms with Crippen molar-refractivity contribution in [1.29, 1.82) is 0 Å². The first kappa shape index (κ1) is 15.1. The summed E-state index contributed by atoms with van der Waals surface area (Å²) in [4.78, 5) is 0. The SMILES string of the molecule is CC(C)NCC(C)S(=O)(=O)NC(C)c1cn[nH]c1. The van der Waals surface area contributed by atoms with Crippen LogP contribution in [0.2, 0.25) is 0 Å². The molecule has 0 spiro atoms. The Morgan fingerprint density at radius 1 is 1.33 bits per heavy atom. The van der Waals surface area contributed by atoms with Crippen molar-refractivity contribution in [2.24, 2.45) is 0 Å². The fraction of sp³-hybridized carbons (Fsp3) is 0.727. The Balaban J connectivity index is 2.58. The van der Waals surface area contributed by atoms with Gasteiger partial charge in [0.15, 0.2) is 0 Å². The molecule has 0 aliphatic carbocycles. The maximum Gasteiger partial charge on any atom is 0.216 e. The van der Waals surface area contributed by atoms with Gasteiger partial charge in [-0.15, -0.1) is 0 Å². The van der Waals surface area contributed by atoms with E-state index in [0.717, 1.165) is 5.56 Å². The third-order valence-electron chi connectivity index (χ3n) is 2.70. The highest BCUT2D eigenvalue weighted by Crippen LogP contribution is 2.12. The largest absolute Gasteiger partial charge is 0.313 e. The van der Waals surface area contributed by atoms with Crippen LogP contribution >= 0.6 is 0 Å². The van der Waals surface area contributed by atoms with Crippen LogP contribution < -0.4 is 10.0 Å². The summed E-state index contributed by atoms with van der Waals surface area (Å²) < 4.78 is 26.8. The van der Waals surface area contributed by atoms with Gasteiger partial charge < -0.3 is 5.32 Å². The Hall–Kier alpha value is -0.920. The highest BCUT2D eigenvalue weighted by molar-refractivity contribution is 7.90. The minimum absolute atomic E-state index is 0.272. The molecule has 0 radical (unpaired) electrons. The van der Waals surface area contributed by atoms with Crippen LogP contribution in [0, 0.1) is 0 Å². The maximum atomic E-state index is 12.1. The lowest BCUT2D eigenvalue weighted by molar-refractivity contribution is 0.531. The molecule has 7 heteroatoms. The number of aromatic nitrogens is 2. The molecule has 2 unspecified atom stereocenters. The first-order chi connectivity index (χ1) is 8.33. The van der Waals surface area contributed by atoms with E-state index >= 15 is 0 Å². The lowest BCUT2D eigenvalue weighted by atomic mass is 10.2. The molecule has 104 valence electrons. The molecule has 0 bridgehead atoms. The second kappa shape index (κ2) is 6.31. The summed E-state index contributed by atoms with van der Waals surface area (Å²) in [6.07, 6.45) is 3.30. The number of hydrogen-bond donors (Lipinski definition) is 3. The molecule has 1 aromatic heterocycles. The van der Waals surface area contributed by atoms with Crippen molar-refractivity contribution in [1.82, 2.24) is 20.2 Å². The van der Waals surface area contributed by atoms with Crippen LogP contribution in [0.5, 0.6) is 0 Å². The second-order valence-electron chi connectivity index (χ2n) is 4.79. The van der Waals surface area contributed by atoms with E-state index in [1.807, 2.05) is 13.8 Å². The summed E-state index contributed by atoms with van der Waals surface area (Å²) in [5.74, 6) is 0. The van der Waals surface area contributed by atoms with Crippen molar-refractivity contribution in [3.8, 4) is 0 Å². The van der Waals surface area contributed by atoms with Crippen LogP contribution in [0.25, 0.3) is 0 Å². The molecule has 0 fully saturated rings. The second-order valence-corrected chi connectivity index (χ2v) is 6.92. The molecule has 0 aromatic carbocycles. The van der Waals surface area contributed by atoms with Gasteiger partial charge >= 0.3 is 0 Å². The molecule has 2 atom stereocenters. The summed E-state index contributed by atoms with van der Waals surface area (Å²) in [6, 6.07) is -0.0100. The van der Waals surface area contributed by atoms with Crippen molar-refractivity contribution in [2.75, 3.05) is 6.54 Å². The first-order valence-corrected chi connectivity index (χ1v) is 7.60. The molecule has 1 rings (SSSR count). The Labute approximate surface area is 109 Å². The van der Waals surface area contributed by atoms with Crippen molar-refractivity contribution in [3.63, 3.8) is 0 Å². The van der Waals surface area contributed by atoms with Gasteiger partial charge in [-0.25, -0.2) is 13.1 Å². The van der Waals surface area contributed by atoms with Gasteiger partial charge in [0.2, 0.25) is 10.0 Å². The average Bonchev–Trinajstić information content (AvgIpc) is 2.78. The molecule has 1 aromatic rings. The van der Waals surface area contributed by atoms with Gasteiger partial charge in [-0.1, -0.05) is 13.8 Å². The molecule has 3 N–H and O–H groups in total. The summed E-state index contributed by atoms with van der Waals surface area (Å²) in [6.45, 7) is 7.90. The molecule has 0 aliphatic heterocycles. The average molecular weight is 274 g/mol. The Morgan fingerprint density at radius 2 is 2.00 bits per heavy atom. The smallest absolute Gasteiger partial charge is 0.216 e. The maximum absolute atomic E-state index is 12.1.